The van der Waals surface area contributed by atoms with Crippen molar-refractivity contribution < 1.29 is 19.8 Å². The molecule has 0 amide bonds. The molecule has 1 aliphatic carbocycles. The van der Waals surface area contributed by atoms with Crippen LogP contribution in [0.25, 0.3) is 0 Å². The zero-order valence-electron chi connectivity index (χ0n) is 11.7. The van der Waals surface area contributed by atoms with Crippen molar-refractivity contribution in [2.24, 2.45) is 5.41 Å². The Morgan fingerprint density at radius 2 is 1.21 bits per heavy atom. The topological polar surface area (TPSA) is 74.6 Å². The quantitative estimate of drug-likeness (QED) is 0.814. The summed E-state index contributed by atoms with van der Waals surface area (Å²) in [5.41, 5.74) is -0.803. The molecule has 4 heteroatoms. The summed E-state index contributed by atoms with van der Waals surface area (Å²) in [5.74, 6) is -1.69. The SMILES string of the molecule is O=C(O)CCC1(C(=O)O)CCCCCCCCCC1. The maximum absolute atomic E-state index is 11.6. The molecule has 0 atom stereocenters. The first-order valence-corrected chi connectivity index (χ1v) is 7.52. The van der Waals surface area contributed by atoms with E-state index >= 15 is 0 Å². The average Bonchev–Trinajstić information content (AvgIpc) is 2.41. The molecule has 0 heterocycles. The predicted octanol–water partition coefficient (Wildman–Crippen LogP) is 3.84. The van der Waals surface area contributed by atoms with Crippen molar-refractivity contribution in [2.45, 2.75) is 77.0 Å². The van der Waals surface area contributed by atoms with Crippen LogP contribution in [0.1, 0.15) is 77.0 Å². The van der Waals surface area contributed by atoms with E-state index in [1.807, 2.05) is 0 Å². The van der Waals surface area contributed by atoms with Crippen LogP contribution < -0.4 is 0 Å². The molecule has 19 heavy (non-hydrogen) atoms. The van der Waals surface area contributed by atoms with Gasteiger partial charge in [-0.3, -0.25) is 9.59 Å². The third-order valence-corrected chi connectivity index (χ3v) is 4.33. The summed E-state index contributed by atoms with van der Waals surface area (Å²) in [5, 5.41) is 18.4. The smallest absolute Gasteiger partial charge is 0.309 e. The molecule has 0 aromatic heterocycles. The third-order valence-electron chi connectivity index (χ3n) is 4.33. The first-order chi connectivity index (χ1) is 9.07. The summed E-state index contributed by atoms with van der Waals surface area (Å²) in [6.07, 6.45) is 10.3. The second-order valence-corrected chi connectivity index (χ2v) is 5.81. The number of carboxylic acid groups (broad SMARTS) is 2. The molecule has 1 fully saturated rings. The molecule has 0 aliphatic heterocycles. The van der Waals surface area contributed by atoms with Gasteiger partial charge in [-0.2, -0.15) is 0 Å². The lowest BCUT2D eigenvalue weighted by atomic mass is 9.74. The van der Waals surface area contributed by atoms with Gasteiger partial charge in [0.1, 0.15) is 0 Å². The van der Waals surface area contributed by atoms with Crippen LogP contribution >= 0.6 is 0 Å². The van der Waals surface area contributed by atoms with Gasteiger partial charge in [-0.15, -0.1) is 0 Å². The van der Waals surface area contributed by atoms with Gasteiger partial charge in [0.2, 0.25) is 0 Å². The van der Waals surface area contributed by atoms with Crippen LogP contribution in [0.2, 0.25) is 0 Å². The molecular formula is C15H26O4. The minimum absolute atomic E-state index is 0.0354. The Labute approximate surface area is 115 Å². The lowest BCUT2D eigenvalue weighted by molar-refractivity contribution is -0.151. The summed E-state index contributed by atoms with van der Waals surface area (Å²) in [4.78, 5) is 22.4. The van der Waals surface area contributed by atoms with Gasteiger partial charge >= 0.3 is 11.9 Å². The Kier molecular flexibility index (Phi) is 6.89. The molecule has 2 N–H and O–H groups in total. The second-order valence-electron chi connectivity index (χ2n) is 5.81. The van der Waals surface area contributed by atoms with Crippen LogP contribution in [0.4, 0.5) is 0 Å². The van der Waals surface area contributed by atoms with Crippen LogP contribution in [-0.4, -0.2) is 22.2 Å². The first kappa shape index (κ1) is 16.0. The standard InChI is InChI=1S/C15H26O4/c16-13(17)9-12-15(14(18)19)10-7-5-3-1-2-4-6-8-11-15/h1-12H2,(H,16,17)(H,18,19). The Morgan fingerprint density at radius 1 is 0.789 bits per heavy atom. The molecule has 0 spiro atoms. The van der Waals surface area contributed by atoms with E-state index in [2.05, 4.69) is 0 Å². The van der Waals surface area contributed by atoms with Gasteiger partial charge in [0.15, 0.2) is 0 Å². The van der Waals surface area contributed by atoms with Gasteiger partial charge in [-0.05, 0) is 19.3 Å². The number of carboxylic acids is 2. The van der Waals surface area contributed by atoms with Crippen LogP contribution in [0.5, 0.6) is 0 Å². The highest BCUT2D eigenvalue weighted by atomic mass is 16.4. The molecule has 4 nitrogen and oxygen atoms in total. The van der Waals surface area contributed by atoms with Crippen molar-refractivity contribution in [3.05, 3.63) is 0 Å². The molecule has 1 aliphatic rings. The van der Waals surface area contributed by atoms with Gasteiger partial charge in [0.25, 0.3) is 0 Å². The Bertz CT molecular complexity index is 287. The van der Waals surface area contributed by atoms with E-state index in [1.54, 1.807) is 0 Å². The maximum atomic E-state index is 11.6. The van der Waals surface area contributed by atoms with Gasteiger partial charge in [-0.25, -0.2) is 0 Å². The number of hydrogen-bond donors (Lipinski definition) is 2. The summed E-state index contributed by atoms with van der Waals surface area (Å²) in [6, 6.07) is 0. The van der Waals surface area contributed by atoms with Gasteiger partial charge in [0.05, 0.1) is 5.41 Å². The lowest BCUT2D eigenvalue weighted by Gasteiger charge is -2.29. The fraction of sp³-hybridized carbons (Fsp3) is 0.867. The highest BCUT2D eigenvalue weighted by molar-refractivity contribution is 5.76. The predicted molar refractivity (Wildman–Crippen MR) is 73.1 cm³/mol. The van der Waals surface area contributed by atoms with Crippen molar-refractivity contribution in [3.8, 4) is 0 Å². The van der Waals surface area contributed by atoms with E-state index < -0.39 is 17.4 Å². The summed E-state index contributed by atoms with van der Waals surface area (Å²) >= 11 is 0. The van der Waals surface area contributed by atoms with E-state index in [4.69, 9.17) is 5.11 Å². The van der Waals surface area contributed by atoms with E-state index in [1.165, 1.54) is 25.7 Å². The number of rotatable bonds is 4. The zero-order valence-corrected chi connectivity index (χ0v) is 11.7. The summed E-state index contributed by atoms with van der Waals surface area (Å²) in [7, 11) is 0. The largest absolute Gasteiger partial charge is 0.481 e. The van der Waals surface area contributed by atoms with Crippen LogP contribution in [-0.2, 0) is 9.59 Å². The van der Waals surface area contributed by atoms with Crippen molar-refractivity contribution in [1.82, 2.24) is 0 Å². The molecule has 1 rings (SSSR count). The minimum Gasteiger partial charge on any atom is -0.481 e. The first-order valence-electron chi connectivity index (χ1n) is 7.52. The van der Waals surface area contributed by atoms with Crippen molar-refractivity contribution in [2.75, 3.05) is 0 Å². The lowest BCUT2D eigenvalue weighted by Crippen LogP contribution is -2.32. The monoisotopic (exact) mass is 270 g/mol. The highest BCUT2D eigenvalue weighted by Crippen LogP contribution is 2.37. The van der Waals surface area contributed by atoms with Crippen LogP contribution in [0, 0.1) is 5.41 Å². The van der Waals surface area contributed by atoms with Gasteiger partial charge in [0, 0.05) is 6.42 Å². The molecule has 0 radical (unpaired) electrons. The van der Waals surface area contributed by atoms with E-state index in [0.717, 1.165) is 25.7 Å². The molecular weight excluding hydrogens is 244 g/mol. The highest BCUT2D eigenvalue weighted by Gasteiger charge is 2.37. The average molecular weight is 270 g/mol. The number of carbonyl (C=O) groups is 2. The summed E-state index contributed by atoms with van der Waals surface area (Å²) < 4.78 is 0. The van der Waals surface area contributed by atoms with Gasteiger partial charge < -0.3 is 10.2 Å². The molecule has 0 unspecified atom stereocenters. The normalized spacial score (nSPS) is 21.3. The van der Waals surface area contributed by atoms with Crippen LogP contribution in [0.3, 0.4) is 0 Å². The fourth-order valence-corrected chi connectivity index (χ4v) is 3.03. The molecule has 0 aromatic carbocycles. The molecule has 0 aromatic rings. The minimum atomic E-state index is -0.894. The van der Waals surface area contributed by atoms with Crippen molar-refractivity contribution >= 4 is 11.9 Å². The third kappa shape index (κ3) is 5.62. The number of aliphatic carboxylic acids is 2. The summed E-state index contributed by atoms with van der Waals surface area (Å²) in [6.45, 7) is 0. The van der Waals surface area contributed by atoms with E-state index in [0.29, 0.717) is 12.8 Å². The number of hydrogen-bond acceptors (Lipinski definition) is 2. The Balaban J connectivity index is 2.69. The van der Waals surface area contributed by atoms with Crippen molar-refractivity contribution in [3.63, 3.8) is 0 Å². The maximum Gasteiger partial charge on any atom is 0.309 e. The molecule has 110 valence electrons. The zero-order chi connectivity index (χ0) is 14.1. The van der Waals surface area contributed by atoms with Crippen LogP contribution in [0.15, 0.2) is 0 Å². The fourth-order valence-electron chi connectivity index (χ4n) is 3.03. The molecule has 0 saturated heterocycles. The van der Waals surface area contributed by atoms with E-state index in [-0.39, 0.29) is 12.8 Å². The second kappa shape index (κ2) is 8.18. The Morgan fingerprint density at radius 3 is 1.58 bits per heavy atom. The Hall–Kier alpha value is -1.06. The molecule has 1 saturated carbocycles. The van der Waals surface area contributed by atoms with E-state index in [9.17, 15) is 14.7 Å². The molecule has 0 bridgehead atoms. The van der Waals surface area contributed by atoms with Gasteiger partial charge in [-0.1, -0.05) is 51.4 Å². The van der Waals surface area contributed by atoms with Crippen molar-refractivity contribution in [1.29, 1.82) is 0 Å².